The standard InChI is InChI=1S/C24H25ClN2OS2/c1-3-27(19-7-4-6-16(2)12-19)11-5-10-26-24(28)22-13-17-15-29-21-14-18(25)8-9-20(21)23(17)30-22/h4,6-9,12-14H,3,5,10-11,15H2,1-2H3,(H,26,28). The van der Waals surface area contributed by atoms with Crippen LogP contribution in [0.25, 0.3) is 10.4 Å². The Morgan fingerprint density at radius 3 is 2.87 bits per heavy atom. The molecule has 0 fully saturated rings. The van der Waals surface area contributed by atoms with Crippen LogP contribution in [-0.4, -0.2) is 25.5 Å². The van der Waals surface area contributed by atoms with Crippen molar-refractivity contribution in [2.45, 2.75) is 30.9 Å². The fraction of sp³-hybridized carbons (Fsp3) is 0.292. The minimum absolute atomic E-state index is 0.0218. The maximum Gasteiger partial charge on any atom is 0.261 e. The number of amides is 1. The zero-order chi connectivity index (χ0) is 21.1. The van der Waals surface area contributed by atoms with Gasteiger partial charge in [0.1, 0.15) is 0 Å². The molecule has 0 saturated heterocycles. The molecule has 156 valence electrons. The van der Waals surface area contributed by atoms with Gasteiger partial charge in [-0.2, -0.15) is 0 Å². The van der Waals surface area contributed by atoms with Crippen LogP contribution >= 0.6 is 34.7 Å². The number of aryl methyl sites for hydroxylation is 1. The number of nitrogens with zero attached hydrogens (tertiary/aromatic N) is 1. The van der Waals surface area contributed by atoms with Crippen molar-refractivity contribution in [1.82, 2.24) is 5.32 Å². The Hall–Kier alpha value is -1.95. The number of fused-ring (bicyclic) bond motifs is 3. The third-order valence-corrected chi connectivity index (χ3v) is 7.79. The van der Waals surface area contributed by atoms with Gasteiger partial charge in [-0.3, -0.25) is 4.79 Å². The molecule has 2 heterocycles. The van der Waals surface area contributed by atoms with Crippen molar-refractivity contribution in [1.29, 1.82) is 0 Å². The molecule has 4 rings (SSSR count). The SMILES string of the molecule is CCN(CCCNC(=O)c1cc2c(s1)-c1ccc(Cl)cc1SC2)c1cccc(C)c1. The van der Waals surface area contributed by atoms with E-state index in [1.54, 1.807) is 23.1 Å². The Kier molecular flexibility index (Phi) is 6.71. The lowest BCUT2D eigenvalue weighted by atomic mass is 10.1. The van der Waals surface area contributed by atoms with Gasteiger partial charge in [0.05, 0.1) is 4.88 Å². The fourth-order valence-electron chi connectivity index (χ4n) is 3.69. The minimum atomic E-state index is 0.0218. The second-order valence-electron chi connectivity index (χ2n) is 7.42. The Morgan fingerprint density at radius 1 is 1.20 bits per heavy atom. The van der Waals surface area contributed by atoms with E-state index in [0.29, 0.717) is 6.54 Å². The summed E-state index contributed by atoms with van der Waals surface area (Å²) < 4.78 is 0. The van der Waals surface area contributed by atoms with E-state index in [4.69, 9.17) is 11.6 Å². The molecule has 0 atom stereocenters. The quantitative estimate of drug-likeness (QED) is 0.405. The Balaban J connectivity index is 1.35. The molecule has 1 aliphatic rings. The van der Waals surface area contributed by atoms with Crippen LogP contribution in [0.1, 0.15) is 34.1 Å². The first-order valence-electron chi connectivity index (χ1n) is 10.2. The third kappa shape index (κ3) is 4.69. The van der Waals surface area contributed by atoms with E-state index in [1.165, 1.54) is 32.2 Å². The lowest BCUT2D eigenvalue weighted by Crippen LogP contribution is -2.29. The summed E-state index contributed by atoms with van der Waals surface area (Å²) in [5.74, 6) is 0.905. The number of halogens is 1. The van der Waals surface area contributed by atoms with Gasteiger partial charge in [0.25, 0.3) is 5.91 Å². The normalized spacial score (nSPS) is 12.2. The number of anilines is 1. The minimum Gasteiger partial charge on any atom is -0.372 e. The first-order chi connectivity index (χ1) is 14.5. The molecule has 0 radical (unpaired) electrons. The van der Waals surface area contributed by atoms with Crippen LogP contribution in [0.3, 0.4) is 0 Å². The van der Waals surface area contributed by atoms with Crippen LogP contribution in [0.4, 0.5) is 5.69 Å². The summed E-state index contributed by atoms with van der Waals surface area (Å²) in [6.07, 6.45) is 0.912. The molecule has 0 bridgehead atoms. The van der Waals surface area contributed by atoms with E-state index in [1.807, 2.05) is 18.2 Å². The number of carbonyl (C=O) groups is 1. The lowest BCUT2D eigenvalue weighted by Gasteiger charge is -2.23. The van der Waals surface area contributed by atoms with Gasteiger partial charge >= 0.3 is 0 Å². The Labute approximate surface area is 191 Å². The summed E-state index contributed by atoms with van der Waals surface area (Å²) in [7, 11) is 0. The molecule has 1 aromatic heterocycles. The predicted molar refractivity (Wildman–Crippen MR) is 130 cm³/mol. The monoisotopic (exact) mass is 456 g/mol. The molecule has 0 unspecified atom stereocenters. The highest BCUT2D eigenvalue weighted by molar-refractivity contribution is 7.98. The average Bonchev–Trinajstić information content (AvgIpc) is 3.18. The van der Waals surface area contributed by atoms with Crippen LogP contribution in [0, 0.1) is 6.92 Å². The summed E-state index contributed by atoms with van der Waals surface area (Å²) in [6.45, 7) is 6.83. The second kappa shape index (κ2) is 9.46. The number of thiophene rings is 1. The van der Waals surface area contributed by atoms with Gasteiger partial charge in [0.15, 0.2) is 0 Å². The summed E-state index contributed by atoms with van der Waals surface area (Å²) in [4.78, 5) is 18.2. The van der Waals surface area contributed by atoms with Crippen molar-refractivity contribution in [2.75, 3.05) is 24.5 Å². The van der Waals surface area contributed by atoms with Gasteiger partial charge in [-0.15, -0.1) is 23.1 Å². The van der Waals surface area contributed by atoms with Crippen LogP contribution in [-0.2, 0) is 5.75 Å². The molecule has 0 spiro atoms. The molecule has 6 heteroatoms. The van der Waals surface area contributed by atoms with Gasteiger partial charge in [0.2, 0.25) is 0 Å². The molecule has 3 aromatic rings. The highest BCUT2D eigenvalue weighted by atomic mass is 35.5. The molecular weight excluding hydrogens is 432 g/mol. The Bertz CT molecular complexity index is 1060. The molecular formula is C24H25ClN2OS2. The number of thioether (sulfide) groups is 1. The first-order valence-corrected chi connectivity index (χ1v) is 12.4. The number of benzene rings is 2. The van der Waals surface area contributed by atoms with E-state index in [2.05, 4.69) is 54.4 Å². The van der Waals surface area contributed by atoms with E-state index >= 15 is 0 Å². The van der Waals surface area contributed by atoms with Gasteiger partial charge in [-0.05, 0) is 61.7 Å². The lowest BCUT2D eigenvalue weighted by molar-refractivity contribution is 0.0957. The van der Waals surface area contributed by atoms with Crippen LogP contribution in [0.2, 0.25) is 5.02 Å². The van der Waals surface area contributed by atoms with Crippen molar-refractivity contribution in [2.24, 2.45) is 0 Å². The number of rotatable bonds is 7. The highest BCUT2D eigenvalue weighted by Gasteiger charge is 2.22. The second-order valence-corrected chi connectivity index (χ2v) is 9.93. The topological polar surface area (TPSA) is 32.3 Å². The number of nitrogens with one attached hydrogen (secondary N) is 1. The molecule has 1 N–H and O–H groups in total. The van der Waals surface area contributed by atoms with Crippen LogP contribution in [0.15, 0.2) is 53.4 Å². The summed E-state index contributed by atoms with van der Waals surface area (Å²) in [5.41, 5.74) is 4.93. The van der Waals surface area contributed by atoms with Crippen LogP contribution < -0.4 is 10.2 Å². The zero-order valence-electron chi connectivity index (χ0n) is 17.2. The van der Waals surface area contributed by atoms with Gasteiger partial charge < -0.3 is 10.2 Å². The van der Waals surface area contributed by atoms with Crippen molar-refractivity contribution in [3.05, 3.63) is 69.6 Å². The summed E-state index contributed by atoms with van der Waals surface area (Å²) in [6, 6.07) is 16.6. The van der Waals surface area contributed by atoms with Crippen molar-refractivity contribution < 1.29 is 4.79 Å². The predicted octanol–water partition coefficient (Wildman–Crippen LogP) is 6.63. The zero-order valence-corrected chi connectivity index (χ0v) is 19.6. The average molecular weight is 457 g/mol. The maximum absolute atomic E-state index is 12.7. The number of carbonyl (C=O) groups excluding carboxylic acids is 1. The van der Waals surface area contributed by atoms with Crippen LogP contribution in [0.5, 0.6) is 0 Å². The van der Waals surface area contributed by atoms with Gasteiger partial charge in [-0.1, -0.05) is 29.8 Å². The van der Waals surface area contributed by atoms with E-state index in [0.717, 1.165) is 35.2 Å². The summed E-state index contributed by atoms with van der Waals surface area (Å²) >= 11 is 9.49. The first kappa shape index (κ1) is 21.3. The van der Waals surface area contributed by atoms with E-state index in [9.17, 15) is 4.79 Å². The molecule has 0 saturated carbocycles. The van der Waals surface area contributed by atoms with E-state index < -0.39 is 0 Å². The highest BCUT2D eigenvalue weighted by Crippen LogP contribution is 2.46. The Morgan fingerprint density at radius 2 is 2.07 bits per heavy atom. The van der Waals surface area contributed by atoms with Crippen molar-refractivity contribution in [3.8, 4) is 10.4 Å². The molecule has 30 heavy (non-hydrogen) atoms. The van der Waals surface area contributed by atoms with Gasteiger partial charge in [-0.25, -0.2) is 0 Å². The smallest absolute Gasteiger partial charge is 0.261 e. The van der Waals surface area contributed by atoms with Gasteiger partial charge in [0, 0.05) is 51.4 Å². The largest absolute Gasteiger partial charge is 0.372 e. The van der Waals surface area contributed by atoms with Crippen molar-refractivity contribution >= 4 is 46.3 Å². The van der Waals surface area contributed by atoms with E-state index in [-0.39, 0.29) is 5.91 Å². The fourth-order valence-corrected chi connectivity index (χ4v) is 6.29. The van der Waals surface area contributed by atoms with Crippen molar-refractivity contribution in [3.63, 3.8) is 0 Å². The number of hydrogen-bond donors (Lipinski definition) is 1. The molecule has 1 amide bonds. The maximum atomic E-state index is 12.7. The third-order valence-electron chi connectivity index (χ3n) is 5.24. The molecule has 3 nitrogen and oxygen atoms in total. The molecule has 1 aliphatic heterocycles. The molecule has 0 aliphatic carbocycles. The summed E-state index contributed by atoms with van der Waals surface area (Å²) in [5, 5.41) is 3.86. The molecule has 2 aromatic carbocycles. The number of hydrogen-bond acceptors (Lipinski definition) is 4.